The maximum Gasteiger partial charge on any atom is 0.162 e. The number of hydrogen-bond donors (Lipinski definition) is 0. The Balaban J connectivity index is 1.75. The van der Waals surface area contributed by atoms with Crippen LogP contribution < -0.4 is 9.80 Å². The molecule has 0 saturated heterocycles. The van der Waals surface area contributed by atoms with E-state index in [1.165, 1.54) is 23.4 Å². The highest BCUT2D eigenvalue weighted by Gasteiger charge is 2.45. The number of fused-ring (bicyclic) bond motifs is 5. The van der Waals surface area contributed by atoms with Gasteiger partial charge >= 0.3 is 0 Å². The van der Waals surface area contributed by atoms with Gasteiger partial charge < -0.3 is 9.80 Å². The third-order valence-corrected chi connectivity index (χ3v) is 6.76. The summed E-state index contributed by atoms with van der Waals surface area (Å²) in [6, 6.07) is 19.6. The van der Waals surface area contributed by atoms with Crippen molar-refractivity contribution >= 4 is 22.9 Å². The van der Waals surface area contributed by atoms with E-state index >= 15 is 0 Å². The molecule has 0 spiro atoms. The predicted molar refractivity (Wildman–Crippen MR) is 114 cm³/mol. The number of aromatic nitrogens is 2. The van der Waals surface area contributed by atoms with Crippen LogP contribution in [-0.2, 0) is 5.41 Å². The molecule has 2 aromatic carbocycles. The van der Waals surface area contributed by atoms with Crippen LogP contribution in [0.3, 0.4) is 0 Å². The summed E-state index contributed by atoms with van der Waals surface area (Å²) in [5.74, 6) is 1.01. The van der Waals surface area contributed by atoms with Crippen LogP contribution >= 0.6 is 0 Å². The predicted octanol–water partition coefficient (Wildman–Crippen LogP) is 5.94. The second-order valence-electron chi connectivity index (χ2n) is 7.83. The highest BCUT2D eigenvalue weighted by Crippen LogP contribution is 2.54. The number of hydrogen-bond acceptors (Lipinski definition) is 4. The molecule has 142 valence electrons. The summed E-state index contributed by atoms with van der Waals surface area (Å²) in [5, 5.41) is 0. The fourth-order valence-electron chi connectivity index (χ4n) is 5.18. The molecule has 0 amide bonds. The molecule has 28 heavy (non-hydrogen) atoms. The van der Waals surface area contributed by atoms with Crippen molar-refractivity contribution in [2.45, 2.75) is 51.1 Å². The van der Waals surface area contributed by atoms with Crippen molar-refractivity contribution in [3.8, 4) is 0 Å². The molecular formula is C24H26N4. The normalized spacial score (nSPS) is 19.6. The van der Waals surface area contributed by atoms with Crippen molar-refractivity contribution in [1.82, 2.24) is 9.97 Å². The van der Waals surface area contributed by atoms with E-state index in [-0.39, 0.29) is 11.6 Å². The SMILES string of the molecule is CCC1(CC)CCC2N(c3ccccc3)c3cncnc3N2c2ccccc21. The lowest BCUT2D eigenvalue weighted by molar-refractivity contribution is 0.354. The molecule has 0 radical (unpaired) electrons. The summed E-state index contributed by atoms with van der Waals surface area (Å²) in [7, 11) is 0. The monoisotopic (exact) mass is 370 g/mol. The minimum Gasteiger partial charge on any atom is -0.316 e. The molecule has 0 saturated carbocycles. The van der Waals surface area contributed by atoms with Crippen molar-refractivity contribution in [2.24, 2.45) is 0 Å². The van der Waals surface area contributed by atoms with Gasteiger partial charge in [0.1, 0.15) is 18.2 Å². The second kappa shape index (κ2) is 6.62. The van der Waals surface area contributed by atoms with E-state index in [9.17, 15) is 0 Å². The topological polar surface area (TPSA) is 32.3 Å². The molecule has 3 heterocycles. The summed E-state index contributed by atoms with van der Waals surface area (Å²) < 4.78 is 0. The molecule has 1 atom stereocenters. The van der Waals surface area contributed by atoms with Crippen molar-refractivity contribution in [2.75, 3.05) is 9.80 Å². The largest absolute Gasteiger partial charge is 0.316 e. The van der Waals surface area contributed by atoms with Gasteiger partial charge in [-0.25, -0.2) is 9.97 Å². The van der Waals surface area contributed by atoms with Gasteiger partial charge in [-0.3, -0.25) is 0 Å². The summed E-state index contributed by atoms with van der Waals surface area (Å²) in [4.78, 5) is 14.0. The van der Waals surface area contributed by atoms with E-state index in [4.69, 9.17) is 4.98 Å². The van der Waals surface area contributed by atoms with Crippen LogP contribution in [0.2, 0.25) is 0 Å². The molecule has 0 bridgehead atoms. The van der Waals surface area contributed by atoms with Crippen LogP contribution in [0.15, 0.2) is 67.1 Å². The Labute approximate surface area is 166 Å². The van der Waals surface area contributed by atoms with Crippen molar-refractivity contribution < 1.29 is 0 Å². The highest BCUT2D eigenvalue weighted by atomic mass is 15.4. The molecule has 2 aliphatic heterocycles. The summed E-state index contributed by atoms with van der Waals surface area (Å²) in [6.07, 6.45) is 8.41. The smallest absolute Gasteiger partial charge is 0.162 e. The molecule has 3 aromatic rings. The Morgan fingerprint density at radius 1 is 0.929 bits per heavy atom. The standard InChI is InChI=1S/C24H26N4/c1-3-24(4-2)15-14-22-27(18-10-6-5-7-11-18)21-16-25-17-26-23(21)28(22)20-13-9-8-12-19(20)24/h5-13,16-17,22H,3-4,14-15H2,1-2H3. The van der Waals surface area contributed by atoms with E-state index in [0.717, 1.165) is 30.8 Å². The number of benzene rings is 2. The molecule has 1 aromatic heterocycles. The summed E-state index contributed by atoms with van der Waals surface area (Å²) in [5.41, 5.74) is 5.27. The zero-order valence-corrected chi connectivity index (χ0v) is 16.5. The lowest BCUT2D eigenvalue weighted by Gasteiger charge is -2.33. The summed E-state index contributed by atoms with van der Waals surface area (Å²) in [6.45, 7) is 4.67. The van der Waals surface area contributed by atoms with Crippen molar-refractivity contribution in [3.63, 3.8) is 0 Å². The van der Waals surface area contributed by atoms with E-state index in [1.807, 2.05) is 6.20 Å². The number of nitrogens with zero attached hydrogens (tertiary/aromatic N) is 4. The van der Waals surface area contributed by atoms with Gasteiger partial charge in [0.05, 0.1) is 6.20 Å². The first kappa shape index (κ1) is 17.2. The van der Waals surface area contributed by atoms with Gasteiger partial charge in [0.25, 0.3) is 0 Å². The Bertz CT molecular complexity index is 981. The van der Waals surface area contributed by atoms with E-state index in [0.29, 0.717) is 0 Å². The lowest BCUT2D eigenvalue weighted by Crippen LogP contribution is -2.37. The minimum atomic E-state index is 0.218. The molecule has 1 unspecified atom stereocenters. The van der Waals surface area contributed by atoms with E-state index in [2.05, 4.69) is 83.2 Å². The first-order valence-corrected chi connectivity index (χ1v) is 10.3. The number of rotatable bonds is 3. The molecule has 0 fully saturated rings. The molecule has 2 aliphatic rings. The Morgan fingerprint density at radius 3 is 2.46 bits per heavy atom. The van der Waals surface area contributed by atoms with Crippen molar-refractivity contribution in [3.05, 3.63) is 72.7 Å². The molecule has 4 heteroatoms. The first-order valence-electron chi connectivity index (χ1n) is 10.3. The van der Waals surface area contributed by atoms with Crippen LogP contribution in [0.1, 0.15) is 45.1 Å². The minimum absolute atomic E-state index is 0.218. The highest BCUT2D eigenvalue weighted by molar-refractivity contribution is 5.86. The second-order valence-corrected chi connectivity index (χ2v) is 7.83. The van der Waals surface area contributed by atoms with Crippen LogP contribution in [0.25, 0.3) is 0 Å². The zero-order chi connectivity index (χ0) is 19.1. The molecule has 4 nitrogen and oxygen atoms in total. The van der Waals surface area contributed by atoms with Crippen LogP contribution in [-0.4, -0.2) is 16.1 Å². The third-order valence-electron chi connectivity index (χ3n) is 6.76. The Hall–Kier alpha value is -2.88. The fourth-order valence-corrected chi connectivity index (χ4v) is 5.18. The third kappa shape index (κ3) is 2.37. The first-order chi connectivity index (χ1) is 13.8. The maximum absolute atomic E-state index is 4.73. The number of para-hydroxylation sites is 2. The Kier molecular flexibility index (Phi) is 4.08. The average molecular weight is 371 g/mol. The van der Waals surface area contributed by atoms with Gasteiger partial charge in [-0.05, 0) is 54.9 Å². The van der Waals surface area contributed by atoms with Gasteiger partial charge in [-0.2, -0.15) is 0 Å². The maximum atomic E-state index is 4.73. The zero-order valence-electron chi connectivity index (χ0n) is 16.5. The lowest BCUT2D eigenvalue weighted by atomic mass is 9.72. The van der Waals surface area contributed by atoms with E-state index in [1.54, 1.807) is 6.33 Å². The fraction of sp³-hybridized carbons (Fsp3) is 0.333. The van der Waals surface area contributed by atoms with Crippen LogP contribution in [0.4, 0.5) is 22.9 Å². The molecule has 5 rings (SSSR count). The quantitative estimate of drug-likeness (QED) is 0.571. The summed E-state index contributed by atoms with van der Waals surface area (Å²) >= 11 is 0. The molecular weight excluding hydrogens is 344 g/mol. The van der Waals surface area contributed by atoms with Crippen LogP contribution in [0.5, 0.6) is 0 Å². The van der Waals surface area contributed by atoms with Gasteiger partial charge in [-0.1, -0.05) is 50.2 Å². The van der Waals surface area contributed by atoms with Gasteiger partial charge in [0.2, 0.25) is 0 Å². The average Bonchev–Trinajstić information content (AvgIpc) is 3.02. The van der Waals surface area contributed by atoms with Crippen LogP contribution in [0, 0.1) is 0 Å². The van der Waals surface area contributed by atoms with Gasteiger partial charge in [0.15, 0.2) is 5.82 Å². The Morgan fingerprint density at radius 2 is 1.68 bits per heavy atom. The van der Waals surface area contributed by atoms with Gasteiger partial charge in [-0.15, -0.1) is 0 Å². The number of anilines is 4. The molecule has 0 N–H and O–H groups in total. The molecule has 0 aliphatic carbocycles. The van der Waals surface area contributed by atoms with Gasteiger partial charge in [0, 0.05) is 11.4 Å². The van der Waals surface area contributed by atoms with E-state index < -0.39 is 0 Å². The van der Waals surface area contributed by atoms with Crippen molar-refractivity contribution in [1.29, 1.82) is 0 Å².